The molecule has 1 heterocycles. The van der Waals surface area contributed by atoms with Crippen molar-refractivity contribution in [1.29, 1.82) is 0 Å². The smallest absolute Gasteiger partial charge is 0.363 e. The summed E-state index contributed by atoms with van der Waals surface area (Å²) in [4.78, 5) is 2.54. The fourth-order valence-electron chi connectivity index (χ4n) is 1.48. The summed E-state index contributed by atoms with van der Waals surface area (Å²) in [6.07, 6.45) is -1.19. The van der Waals surface area contributed by atoms with Crippen molar-refractivity contribution in [1.82, 2.24) is 15.0 Å². The van der Waals surface area contributed by atoms with E-state index in [1.807, 2.05) is 0 Å². The fourth-order valence-corrected chi connectivity index (χ4v) is 2.51. The molecule has 1 aromatic heterocycles. The van der Waals surface area contributed by atoms with Crippen LogP contribution >= 0.6 is 0 Å². The average Bonchev–Trinajstić information content (AvgIpc) is 3.00. The molecule has 1 aliphatic rings. The van der Waals surface area contributed by atoms with E-state index in [2.05, 4.69) is 10.3 Å². The zero-order chi connectivity index (χ0) is 14.1. The highest BCUT2D eigenvalue weighted by Crippen LogP contribution is 2.20. The summed E-state index contributed by atoms with van der Waals surface area (Å²) in [7, 11) is -4.12. The van der Waals surface area contributed by atoms with E-state index in [0.29, 0.717) is 18.3 Å². The van der Waals surface area contributed by atoms with E-state index in [1.165, 1.54) is 17.0 Å². The van der Waals surface area contributed by atoms with Crippen molar-refractivity contribution in [2.45, 2.75) is 36.5 Å². The lowest BCUT2D eigenvalue weighted by Gasteiger charge is -2.07. The molecule has 0 spiro atoms. The van der Waals surface area contributed by atoms with Crippen LogP contribution < -0.4 is 10.0 Å². The molecule has 0 amide bonds. The molecule has 0 aliphatic heterocycles. The van der Waals surface area contributed by atoms with Crippen molar-refractivity contribution in [2.75, 3.05) is 6.54 Å². The third kappa shape index (κ3) is 4.51. The van der Waals surface area contributed by atoms with Crippen LogP contribution in [0.5, 0.6) is 0 Å². The van der Waals surface area contributed by atoms with Gasteiger partial charge in [0, 0.05) is 24.5 Å². The van der Waals surface area contributed by atoms with Gasteiger partial charge in [-0.05, 0) is 18.9 Å². The maximum absolute atomic E-state index is 12.0. The lowest BCUT2D eigenvalue weighted by atomic mass is 10.4. The zero-order valence-corrected chi connectivity index (χ0v) is 10.7. The number of aromatic amines is 1. The summed E-state index contributed by atoms with van der Waals surface area (Å²) in [5.74, 6) is 0. The van der Waals surface area contributed by atoms with Crippen LogP contribution in [-0.4, -0.2) is 32.2 Å². The van der Waals surface area contributed by atoms with Crippen LogP contribution in [0.1, 0.15) is 18.5 Å². The quantitative estimate of drug-likeness (QED) is 0.736. The molecule has 1 saturated carbocycles. The van der Waals surface area contributed by atoms with Crippen molar-refractivity contribution in [3.8, 4) is 0 Å². The lowest BCUT2D eigenvalue weighted by Crippen LogP contribution is -2.33. The zero-order valence-electron chi connectivity index (χ0n) is 9.92. The van der Waals surface area contributed by atoms with Gasteiger partial charge in [-0.25, -0.2) is 13.1 Å². The molecular formula is C10H14F3N3O2S. The molecule has 1 aromatic rings. The van der Waals surface area contributed by atoms with E-state index in [1.54, 1.807) is 0 Å². The van der Waals surface area contributed by atoms with E-state index in [9.17, 15) is 21.6 Å². The minimum atomic E-state index is -4.57. The Kier molecular flexibility index (Phi) is 3.88. The molecule has 1 fully saturated rings. The number of alkyl halides is 3. The Morgan fingerprint density at radius 2 is 2.05 bits per heavy atom. The number of nitrogens with one attached hydrogen (secondary N) is 3. The van der Waals surface area contributed by atoms with Gasteiger partial charge in [-0.3, -0.25) is 0 Å². The molecular weight excluding hydrogens is 283 g/mol. The summed E-state index contributed by atoms with van der Waals surface area (Å²) in [5.41, 5.74) is 0.624. The van der Waals surface area contributed by atoms with Gasteiger partial charge in [0.25, 0.3) is 0 Å². The van der Waals surface area contributed by atoms with Gasteiger partial charge in [0.2, 0.25) is 10.0 Å². The highest BCUT2D eigenvalue weighted by molar-refractivity contribution is 7.89. The Bertz CT molecular complexity index is 534. The van der Waals surface area contributed by atoms with Crippen molar-refractivity contribution in [3.63, 3.8) is 0 Å². The Labute approximate surface area is 108 Å². The van der Waals surface area contributed by atoms with Crippen LogP contribution in [0.25, 0.3) is 0 Å². The molecule has 19 heavy (non-hydrogen) atoms. The Hall–Kier alpha value is -1.06. The number of rotatable bonds is 6. The van der Waals surface area contributed by atoms with Crippen molar-refractivity contribution >= 4 is 10.0 Å². The van der Waals surface area contributed by atoms with E-state index in [-0.39, 0.29) is 4.90 Å². The van der Waals surface area contributed by atoms with Gasteiger partial charge >= 0.3 is 6.18 Å². The van der Waals surface area contributed by atoms with Crippen LogP contribution in [0.3, 0.4) is 0 Å². The second-order valence-corrected chi connectivity index (χ2v) is 6.22. The van der Waals surface area contributed by atoms with Gasteiger partial charge in [0.15, 0.2) is 0 Å². The van der Waals surface area contributed by atoms with Crippen LogP contribution in [0.15, 0.2) is 17.2 Å². The summed E-state index contributed by atoms with van der Waals surface area (Å²) in [5, 5.41) is 3.17. The minimum Gasteiger partial charge on any atom is -0.363 e. The Balaban J connectivity index is 1.95. The normalized spacial score (nSPS) is 16.8. The number of hydrogen-bond donors (Lipinski definition) is 3. The van der Waals surface area contributed by atoms with Crippen LogP contribution in [0.2, 0.25) is 0 Å². The molecule has 0 bridgehead atoms. The molecule has 9 heteroatoms. The van der Waals surface area contributed by atoms with Crippen LogP contribution in [0, 0.1) is 0 Å². The monoisotopic (exact) mass is 297 g/mol. The number of sulfonamides is 1. The fraction of sp³-hybridized carbons (Fsp3) is 0.600. The van der Waals surface area contributed by atoms with Gasteiger partial charge in [0.1, 0.15) is 6.54 Å². The molecule has 2 rings (SSSR count). The predicted molar refractivity (Wildman–Crippen MR) is 61.9 cm³/mol. The number of hydrogen-bond acceptors (Lipinski definition) is 3. The first kappa shape index (κ1) is 14.4. The Morgan fingerprint density at radius 1 is 1.37 bits per heavy atom. The van der Waals surface area contributed by atoms with Crippen molar-refractivity contribution < 1.29 is 21.6 Å². The van der Waals surface area contributed by atoms with Gasteiger partial charge in [0.05, 0.1) is 4.90 Å². The van der Waals surface area contributed by atoms with Gasteiger partial charge in [-0.15, -0.1) is 0 Å². The molecule has 5 nitrogen and oxygen atoms in total. The molecule has 0 aromatic carbocycles. The summed E-state index contributed by atoms with van der Waals surface area (Å²) in [6, 6.07) is 1.79. The Morgan fingerprint density at radius 3 is 2.63 bits per heavy atom. The molecule has 108 valence electrons. The maximum Gasteiger partial charge on any atom is 0.402 e. The number of halogens is 3. The van der Waals surface area contributed by atoms with Crippen molar-refractivity contribution in [2.24, 2.45) is 0 Å². The van der Waals surface area contributed by atoms with E-state index in [4.69, 9.17) is 0 Å². The standard InChI is InChI=1S/C10H14F3N3O2S/c11-10(12,13)6-16-19(17,18)9-3-8(15-5-9)4-14-7-1-2-7/h3,5,7,14-16H,1-2,4,6H2. The lowest BCUT2D eigenvalue weighted by molar-refractivity contribution is -0.121. The van der Waals surface area contributed by atoms with E-state index < -0.39 is 22.7 Å². The van der Waals surface area contributed by atoms with Gasteiger partial charge in [-0.2, -0.15) is 13.2 Å². The second-order valence-electron chi connectivity index (χ2n) is 4.46. The maximum atomic E-state index is 12.0. The minimum absolute atomic E-state index is 0.190. The number of H-pyrrole nitrogens is 1. The molecule has 0 unspecified atom stereocenters. The molecule has 3 N–H and O–H groups in total. The van der Waals surface area contributed by atoms with Crippen molar-refractivity contribution in [3.05, 3.63) is 18.0 Å². The first-order chi connectivity index (χ1) is 8.76. The average molecular weight is 297 g/mol. The SMILES string of the molecule is O=S(=O)(NCC(F)(F)F)c1c[nH]c(CNC2CC2)c1. The van der Waals surface area contributed by atoms with Gasteiger partial charge < -0.3 is 10.3 Å². The molecule has 1 aliphatic carbocycles. The summed E-state index contributed by atoms with van der Waals surface area (Å²) in [6.45, 7) is -1.10. The number of aromatic nitrogens is 1. The predicted octanol–water partition coefficient (Wildman–Crippen LogP) is 1.11. The first-order valence-electron chi connectivity index (χ1n) is 5.73. The van der Waals surface area contributed by atoms with E-state index in [0.717, 1.165) is 12.8 Å². The van der Waals surface area contributed by atoms with Crippen LogP contribution in [0.4, 0.5) is 13.2 Å². The summed E-state index contributed by atoms with van der Waals surface area (Å²) >= 11 is 0. The summed E-state index contributed by atoms with van der Waals surface area (Å²) < 4.78 is 60.6. The van der Waals surface area contributed by atoms with Crippen LogP contribution in [-0.2, 0) is 16.6 Å². The third-order valence-corrected chi connectivity index (χ3v) is 4.03. The second kappa shape index (κ2) is 5.14. The third-order valence-electron chi connectivity index (χ3n) is 2.65. The van der Waals surface area contributed by atoms with E-state index >= 15 is 0 Å². The molecule has 0 atom stereocenters. The molecule has 0 saturated heterocycles. The van der Waals surface area contributed by atoms with Gasteiger partial charge in [-0.1, -0.05) is 0 Å². The highest BCUT2D eigenvalue weighted by atomic mass is 32.2. The largest absolute Gasteiger partial charge is 0.402 e. The molecule has 0 radical (unpaired) electrons. The first-order valence-corrected chi connectivity index (χ1v) is 7.22. The topological polar surface area (TPSA) is 74.0 Å². The highest BCUT2D eigenvalue weighted by Gasteiger charge is 2.30.